The minimum atomic E-state index is -0.609. The average Bonchev–Trinajstić information content (AvgIpc) is 2.82. The number of phenols is 1. The summed E-state index contributed by atoms with van der Waals surface area (Å²) in [6, 6.07) is 8.73. The van der Waals surface area contributed by atoms with Crippen LogP contribution in [0.25, 0.3) is 4.85 Å². The molecular weight excluding hydrogens is 436 g/mol. The molecule has 0 bridgehead atoms. The Morgan fingerprint density at radius 3 is 2.29 bits per heavy atom. The molecule has 170 valence electrons. The highest BCUT2D eigenvalue weighted by atomic mass is 16.3. The van der Waals surface area contributed by atoms with Crippen molar-refractivity contribution in [3.05, 3.63) is 86.0 Å². The summed E-state index contributed by atoms with van der Waals surface area (Å²) in [5.41, 5.74) is -0.537. The van der Waals surface area contributed by atoms with Crippen LogP contribution in [0.2, 0.25) is 0 Å². The second-order valence-corrected chi connectivity index (χ2v) is 7.83. The van der Waals surface area contributed by atoms with Gasteiger partial charge in [0.15, 0.2) is 17.4 Å². The van der Waals surface area contributed by atoms with Gasteiger partial charge in [-0.05, 0) is 31.0 Å². The van der Waals surface area contributed by atoms with Gasteiger partial charge in [0.05, 0.1) is 23.4 Å². The first-order valence-electron chi connectivity index (χ1n) is 10.6. The summed E-state index contributed by atoms with van der Waals surface area (Å²) in [6.45, 7) is 11.0. The van der Waals surface area contributed by atoms with E-state index in [1.165, 1.54) is 43.3 Å². The Bertz CT molecular complexity index is 1490. The van der Waals surface area contributed by atoms with Crippen LogP contribution in [0.15, 0.2) is 51.4 Å². The fourth-order valence-corrected chi connectivity index (χ4v) is 3.96. The Kier molecular flexibility index (Phi) is 5.82. The van der Waals surface area contributed by atoms with E-state index < -0.39 is 23.0 Å². The summed E-state index contributed by atoms with van der Waals surface area (Å²) in [5, 5.41) is 28.7. The van der Waals surface area contributed by atoms with Crippen molar-refractivity contribution in [1.82, 2.24) is 4.57 Å². The number of aromatic hydroxyl groups is 2. The number of fused-ring (bicyclic) bond motifs is 2. The number of azo groups is 1. The number of unbranched alkanes of at least 4 members (excludes halogenated alkanes) is 1. The number of phenolic OH excluding ortho intramolecular Hbond substituents is 1. The van der Waals surface area contributed by atoms with E-state index in [1.54, 1.807) is 0 Å². The molecule has 2 aromatic carbocycles. The molecule has 9 heteroatoms. The van der Waals surface area contributed by atoms with Crippen LogP contribution >= 0.6 is 0 Å². The molecule has 0 atom stereocenters. The minimum Gasteiger partial charge on any atom is -0.507 e. The molecule has 3 aromatic rings. The molecule has 0 spiro atoms. The molecule has 0 saturated heterocycles. The van der Waals surface area contributed by atoms with E-state index in [1.807, 2.05) is 6.92 Å². The first-order chi connectivity index (χ1) is 16.3. The third kappa shape index (κ3) is 3.46. The van der Waals surface area contributed by atoms with Gasteiger partial charge in [-0.3, -0.25) is 19.0 Å². The van der Waals surface area contributed by atoms with Crippen LogP contribution < -0.4 is 5.56 Å². The molecule has 34 heavy (non-hydrogen) atoms. The lowest BCUT2D eigenvalue weighted by Crippen LogP contribution is -2.21. The van der Waals surface area contributed by atoms with E-state index in [0.29, 0.717) is 6.42 Å². The topological polar surface area (TPSA) is 126 Å². The molecule has 0 aliphatic heterocycles. The quantitative estimate of drug-likeness (QED) is 0.319. The van der Waals surface area contributed by atoms with Gasteiger partial charge in [0.25, 0.3) is 5.56 Å². The lowest BCUT2D eigenvalue weighted by Gasteiger charge is -2.19. The van der Waals surface area contributed by atoms with E-state index in [4.69, 9.17) is 6.57 Å². The Hall–Kier alpha value is -4.58. The van der Waals surface area contributed by atoms with E-state index in [9.17, 15) is 24.6 Å². The predicted octanol–water partition coefficient (Wildman–Crippen LogP) is 5.11. The number of nitrogens with zero attached hydrogens (tertiary/aromatic N) is 4. The number of carbonyl (C=O) groups excluding carboxylic acids is 2. The molecular formula is C25H20N4O5. The molecule has 1 heterocycles. The zero-order valence-corrected chi connectivity index (χ0v) is 18.5. The van der Waals surface area contributed by atoms with Gasteiger partial charge < -0.3 is 10.2 Å². The first-order valence-corrected chi connectivity index (χ1v) is 10.6. The zero-order chi connectivity index (χ0) is 24.6. The monoisotopic (exact) mass is 456 g/mol. The maximum atomic E-state index is 13.2. The summed E-state index contributed by atoms with van der Waals surface area (Å²) in [6.07, 6.45) is 1.38. The Balaban J connectivity index is 1.87. The number of rotatable bonds is 5. The van der Waals surface area contributed by atoms with Gasteiger partial charge in [-0.1, -0.05) is 37.6 Å². The standard InChI is InChI=1S/C25H20N4O5/c1-4-5-12-29-24(33)20(26-3)13(2)21(25(29)34)28-27-16-10-6-8-14-18(16)22(31)15-9-7-11-17(30)19(15)23(14)32/h6-11,30,33H,4-5,12H2,1-2H3. The Morgan fingerprint density at radius 2 is 1.62 bits per heavy atom. The predicted molar refractivity (Wildman–Crippen MR) is 124 cm³/mol. The summed E-state index contributed by atoms with van der Waals surface area (Å²) < 4.78 is 1.09. The highest BCUT2D eigenvalue weighted by Gasteiger charge is 2.33. The third-order valence-corrected chi connectivity index (χ3v) is 5.76. The van der Waals surface area contributed by atoms with Gasteiger partial charge in [0, 0.05) is 17.7 Å². The van der Waals surface area contributed by atoms with Crippen LogP contribution in [0.3, 0.4) is 0 Å². The van der Waals surface area contributed by atoms with Crippen molar-refractivity contribution in [2.45, 2.75) is 33.2 Å². The molecule has 0 amide bonds. The van der Waals surface area contributed by atoms with Crippen molar-refractivity contribution in [2.24, 2.45) is 10.2 Å². The van der Waals surface area contributed by atoms with Crippen LogP contribution in [0, 0.1) is 13.5 Å². The number of benzene rings is 2. The lowest BCUT2D eigenvalue weighted by atomic mass is 9.83. The molecule has 1 aromatic heterocycles. The van der Waals surface area contributed by atoms with Crippen molar-refractivity contribution in [3.63, 3.8) is 0 Å². The summed E-state index contributed by atoms with van der Waals surface area (Å²) in [5.74, 6) is -1.72. The van der Waals surface area contributed by atoms with Gasteiger partial charge in [0.1, 0.15) is 11.4 Å². The number of hydrogen-bond donors (Lipinski definition) is 2. The highest BCUT2D eigenvalue weighted by Crippen LogP contribution is 2.38. The third-order valence-electron chi connectivity index (χ3n) is 5.76. The normalized spacial score (nSPS) is 12.5. The fourth-order valence-electron chi connectivity index (χ4n) is 3.96. The van der Waals surface area contributed by atoms with Crippen molar-refractivity contribution in [1.29, 1.82) is 0 Å². The second-order valence-electron chi connectivity index (χ2n) is 7.83. The maximum Gasteiger partial charge on any atom is 0.279 e. The Labute approximate surface area is 194 Å². The minimum absolute atomic E-state index is 0.0162. The van der Waals surface area contributed by atoms with Crippen LogP contribution in [-0.4, -0.2) is 26.3 Å². The van der Waals surface area contributed by atoms with Crippen molar-refractivity contribution < 1.29 is 19.8 Å². The lowest BCUT2D eigenvalue weighted by molar-refractivity contribution is 0.0977. The van der Waals surface area contributed by atoms with Gasteiger partial charge in [-0.25, -0.2) is 4.85 Å². The van der Waals surface area contributed by atoms with Crippen molar-refractivity contribution in [3.8, 4) is 11.6 Å². The highest BCUT2D eigenvalue weighted by molar-refractivity contribution is 6.30. The molecule has 0 saturated carbocycles. The van der Waals surface area contributed by atoms with Gasteiger partial charge >= 0.3 is 0 Å². The molecule has 1 aliphatic rings. The van der Waals surface area contributed by atoms with E-state index >= 15 is 0 Å². The number of pyridine rings is 1. The molecule has 4 rings (SSSR count). The van der Waals surface area contributed by atoms with E-state index in [0.717, 1.165) is 11.0 Å². The summed E-state index contributed by atoms with van der Waals surface area (Å²) >= 11 is 0. The fraction of sp³-hybridized carbons (Fsp3) is 0.200. The van der Waals surface area contributed by atoms with E-state index in [-0.39, 0.29) is 57.2 Å². The molecule has 1 aliphatic carbocycles. The van der Waals surface area contributed by atoms with Crippen LogP contribution in [0.4, 0.5) is 17.1 Å². The van der Waals surface area contributed by atoms with Crippen LogP contribution in [0.1, 0.15) is 57.2 Å². The largest absolute Gasteiger partial charge is 0.507 e. The molecule has 9 nitrogen and oxygen atoms in total. The zero-order valence-electron chi connectivity index (χ0n) is 18.5. The van der Waals surface area contributed by atoms with Crippen LogP contribution in [-0.2, 0) is 6.54 Å². The van der Waals surface area contributed by atoms with Gasteiger partial charge in [-0.2, -0.15) is 0 Å². The molecule has 0 unspecified atom stereocenters. The second kappa shape index (κ2) is 8.75. The average molecular weight is 456 g/mol. The first kappa shape index (κ1) is 22.6. The number of aromatic nitrogens is 1. The van der Waals surface area contributed by atoms with Crippen LogP contribution in [0.5, 0.6) is 11.6 Å². The maximum absolute atomic E-state index is 13.2. The van der Waals surface area contributed by atoms with Gasteiger partial charge in [-0.15, -0.1) is 10.2 Å². The number of carbonyl (C=O) groups is 2. The molecule has 0 fully saturated rings. The van der Waals surface area contributed by atoms with Crippen molar-refractivity contribution in [2.75, 3.05) is 0 Å². The molecule has 0 radical (unpaired) electrons. The summed E-state index contributed by atoms with van der Waals surface area (Å²) in [7, 11) is 0. The number of hydrogen-bond acceptors (Lipinski definition) is 7. The Morgan fingerprint density at radius 1 is 0.971 bits per heavy atom. The van der Waals surface area contributed by atoms with Gasteiger partial charge in [0.2, 0.25) is 5.69 Å². The molecule has 2 N–H and O–H groups in total. The summed E-state index contributed by atoms with van der Waals surface area (Å²) in [4.78, 5) is 42.5. The number of ketones is 2. The van der Waals surface area contributed by atoms with Crippen molar-refractivity contribution >= 4 is 28.6 Å². The smallest absolute Gasteiger partial charge is 0.279 e. The SMILES string of the molecule is [C-]#[N+]c1c(C)c(N=Nc2cccc3c2C(=O)c2cccc(O)c2C3=O)c(=O)n(CCCC)c1O. The van der Waals surface area contributed by atoms with E-state index in [2.05, 4.69) is 15.1 Å².